The van der Waals surface area contributed by atoms with Gasteiger partial charge in [-0.1, -0.05) is 44.2 Å². The van der Waals surface area contributed by atoms with Gasteiger partial charge in [-0.15, -0.1) is 0 Å². The van der Waals surface area contributed by atoms with Crippen molar-refractivity contribution in [2.75, 3.05) is 0 Å². The second kappa shape index (κ2) is 5.10. The van der Waals surface area contributed by atoms with Crippen molar-refractivity contribution < 1.29 is 9.59 Å². The van der Waals surface area contributed by atoms with Gasteiger partial charge in [0, 0.05) is 23.6 Å². The number of nitrogens with zero attached hydrogens (tertiary/aromatic N) is 1. The summed E-state index contributed by atoms with van der Waals surface area (Å²) in [7, 11) is 0. The van der Waals surface area contributed by atoms with Crippen LogP contribution in [0.5, 0.6) is 0 Å². The SMILES string of the molecule is CC1(C)CC(=O)C2=C(C1)NC(=O)C(C#N)C2c1ccccc1. The van der Waals surface area contributed by atoms with E-state index in [2.05, 4.69) is 11.4 Å². The topological polar surface area (TPSA) is 70.0 Å². The summed E-state index contributed by atoms with van der Waals surface area (Å²) in [4.78, 5) is 25.0. The van der Waals surface area contributed by atoms with Crippen molar-refractivity contribution in [1.29, 1.82) is 5.26 Å². The van der Waals surface area contributed by atoms with Crippen LogP contribution >= 0.6 is 0 Å². The van der Waals surface area contributed by atoms with Gasteiger partial charge in [0.25, 0.3) is 0 Å². The molecule has 1 aromatic rings. The summed E-state index contributed by atoms with van der Waals surface area (Å²) in [6, 6.07) is 11.5. The van der Waals surface area contributed by atoms with Crippen LogP contribution in [-0.2, 0) is 9.59 Å². The monoisotopic (exact) mass is 294 g/mol. The highest BCUT2D eigenvalue weighted by Gasteiger charge is 2.45. The molecular weight excluding hydrogens is 276 g/mol. The van der Waals surface area contributed by atoms with Crippen LogP contribution in [-0.4, -0.2) is 11.7 Å². The van der Waals surface area contributed by atoms with Crippen molar-refractivity contribution in [1.82, 2.24) is 5.32 Å². The van der Waals surface area contributed by atoms with E-state index >= 15 is 0 Å². The Kier molecular flexibility index (Phi) is 3.37. The molecule has 0 saturated heterocycles. The first-order chi connectivity index (χ1) is 10.4. The van der Waals surface area contributed by atoms with E-state index in [4.69, 9.17) is 0 Å². The minimum Gasteiger partial charge on any atom is -0.328 e. The Bertz CT molecular complexity index is 710. The van der Waals surface area contributed by atoms with Gasteiger partial charge in [-0.3, -0.25) is 9.59 Å². The number of allylic oxidation sites excluding steroid dienone is 2. The third-order valence-corrected chi connectivity index (χ3v) is 4.42. The largest absolute Gasteiger partial charge is 0.328 e. The van der Waals surface area contributed by atoms with Gasteiger partial charge in [0.1, 0.15) is 5.92 Å². The Morgan fingerprint density at radius 1 is 1.18 bits per heavy atom. The van der Waals surface area contributed by atoms with Crippen LogP contribution in [0, 0.1) is 22.7 Å². The number of carbonyl (C=O) groups excluding carboxylic acids is 2. The number of ketones is 1. The fourth-order valence-corrected chi connectivity index (χ4v) is 3.50. The number of carbonyl (C=O) groups is 2. The summed E-state index contributed by atoms with van der Waals surface area (Å²) >= 11 is 0. The first-order valence-corrected chi connectivity index (χ1v) is 7.44. The second-order valence-corrected chi connectivity index (χ2v) is 6.82. The minimum absolute atomic E-state index is 0.0420. The predicted molar refractivity (Wildman–Crippen MR) is 81.5 cm³/mol. The maximum absolute atomic E-state index is 12.7. The van der Waals surface area contributed by atoms with Crippen molar-refractivity contribution in [3.8, 4) is 6.07 Å². The maximum Gasteiger partial charge on any atom is 0.242 e. The smallest absolute Gasteiger partial charge is 0.242 e. The Morgan fingerprint density at radius 3 is 2.50 bits per heavy atom. The number of rotatable bonds is 1. The number of hydrogen-bond donors (Lipinski definition) is 1. The molecule has 1 aliphatic heterocycles. The van der Waals surface area contributed by atoms with Crippen LogP contribution in [0.4, 0.5) is 0 Å². The van der Waals surface area contributed by atoms with Crippen molar-refractivity contribution in [2.45, 2.75) is 32.6 Å². The van der Waals surface area contributed by atoms with Gasteiger partial charge in [-0.2, -0.15) is 5.26 Å². The molecule has 0 fully saturated rings. The van der Waals surface area contributed by atoms with Crippen molar-refractivity contribution in [2.24, 2.45) is 11.3 Å². The number of amides is 1. The van der Waals surface area contributed by atoms with Crippen molar-refractivity contribution in [3.63, 3.8) is 0 Å². The lowest BCUT2D eigenvalue weighted by Gasteiger charge is -2.39. The minimum atomic E-state index is -0.855. The van der Waals surface area contributed by atoms with E-state index in [9.17, 15) is 14.9 Å². The van der Waals surface area contributed by atoms with Gasteiger partial charge >= 0.3 is 0 Å². The summed E-state index contributed by atoms with van der Waals surface area (Å²) in [5, 5.41) is 12.2. The molecular formula is C18H18N2O2. The molecule has 0 aromatic heterocycles. The van der Waals surface area contributed by atoms with E-state index in [-0.39, 0.29) is 17.1 Å². The molecule has 0 radical (unpaired) electrons. The third-order valence-electron chi connectivity index (χ3n) is 4.42. The molecule has 112 valence electrons. The average molecular weight is 294 g/mol. The Hall–Kier alpha value is -2.41. The quantitative estimate of drug-likeness (QED) is 0.865. The zero-order valence-corrected chi connectivity index (χ0v) is 12.7. The summed E-state index contributed by atoms with van der Waals surface area (Å²) in [5.74, 6) is -1.58. The van der Waals surface area contributed by atoms with E-state index in [1.54, 1.807) is 0 Å². The van der Waals surface area contributed by atoms with Crippen molar-refractivity contribution >= 4 is 11.7 Å². The van der Waals surface area contributed by atoms with Crippen LogP contribution in [0.2, 0.25) is 0 Å². The van der Waals surface area contributed by atoms with Gasteiger partial charge < -0.3 is 5.32 Å². The standard InChI is InChI=1S/C18H18N2O2/c1-18(2)8-13-16(14(21)9-18)15(11-6-4-3-5-7-11)12(10-19)17(22)20-13/h3-7,12,15H,8-9H2,1-2H3,(H,20,22). The van der Waals surface area contributed by atoms with E-state index < -0.39 is 11.8 Å². The highest BCUT2D eigenvalue weighted by molar-refractivity contribution is 6.03. The summed E-state index contributed by atoms with van der Waals surface area (Å²) < 4.78 is 0. The molecule has 0 bridgehead atoms. The van der Waals surface area contributed by atoms with Gasteiger partial charge in [0.05, 0.1) is 6.07 Å². The van der Waals surface area contributed by atoms with E-state index in [0.717, 1.165) is 5.56 Å². The molecule has 2 unspecified atom stereocenters. The van der Waals surface area contributed by atoms with Crippen LogP contribution in [0.1, 0.15) is 38.2 Å². The van der Waals surface area contributed by atoms with Gasteiger partial charge in [-0.05, 0) is 17.4 Å². The van der Waals surface area contributed by atoms with Crippen LogP contribution in [0.25, 0.3) is 0 Å². The van der Waals surface area contributed by atoms with E-state index in [1.807, 2.05) is 44.2 Å². The lowest BCUT2D eigenvalue weighted by molar-refractivity contribution is -0.125. The molecule has 0 spiro atoms. The molecule has 1 amide bonds. The molecule has 3 rings (SSSR count). The molecule has 4 heteroatoms. The van der Waals surface area contributed by atoms with Crippen LogP contribution in [0.3, 0.4) is 0 Å². The highest BCUT2D eigenvalue weighted by Crippen LogP contribution is 2.45. The Morgan fingerprint density at radius 2 is 1.86 bits per heavy atom. The number of nitriles is 1. The van der Waals surface area contributed by atoms with Crippen LogP contribution in [0.15, 0.2) is 41.6 Å². The number of Topliss-reactive ketones (excluding diaryl/α,β-unsaturated/α-hetero) is 1. The van der Waals surface area contributed by atoms with Crippen molar-refractivity contribution in [3.05, 3.63) is 47.2 Å². The second-order valence-electron chi connectivity index (χ2n) is 6.82. The van der Waals surface area contributed by atoms with Crippen LogP contribution < -0.4 is 5.32 Å². The molecule has 1 aliphatic carbocycles. The molecule has 22 heavy (non-hydrogen) atoms. The lowest BCUT2D eigenvalue weighted by atomic mass is 9.67. The normalized spacial score (nSPS) is 27.0. The fourth-order valence-electron chi connectivity index (χ4n) is 3.50. The molecule has 1 heterocycles. The molecule has 0 saturated carbocycles. The number of benzene rings is 1. The maximum atomic E-state index is 12.7. The van der Waals surface area contributed by atoms with Gasteiger partial charge in [-0.25, -0.2) is 0 Å². The predicted octanol–water partition coefficient (Wildman–Crippen LogP) is 2.68. The Balaban J connectivity index is 2.17. The fraction of sp³-hybridized carbons (Fsp3) is 0.389. The van der Waals surface area contributed by atoms with Gasteiger partial charge in [0.15, 0.2) is 5.78 Å². The first kappa shape index (κ1) is 14.5. The molecule has 1 N–H and O–H groups in total. The number of nitrogens with one attached hydrogen (secondary N) is 1. The average Bonchev–Trinajstić information content (AvgIpc) is 2.45. The van der Waals surface area contributed by atoms with E-state index in [0.29, 0.717) is 24.1 Å². The molecule has 2 atom stereocenters. The summed E-state index contributed by atoms with van der Waals surface area (Å²) in [6.45, 7) is 4.05. The number of hydrogen-bond acceptors (Lipinski definition) is 3. The third kappa shape index (κ3) is 2.33. The van der Waals surface area contributed by atoms with E-state index in [1.165, 1.54) is 0 Å². The summed E-state index contributed by atoms with van der Waals surface area (Å²) in [5.41, 5.74) is 2.01. The first-order valence-electron chi connectivity index (χ1n) is 7.44. The zero-order chi connectivity index (χ0) is 15.9. The highest BCUT2D eigenvalue weighted by atomic mass is 16.2. The molecule has 4 nitrogen and oxygen atoms in total. The Labute approximate surface area is 129 Å². The lowest BCUT2D eigenvalue weighted by Crippen LogP contribution is -2.45. The van der Waals surface area contributed by atoms with Gasteiger partial charge in [0.2, 0.25) is 5.91 Å². The summed E-state index contributed by atoms with van der Waals surface area (Å²) in [6.07, 6.45) is 1.10. The molecule has 1 aromatic carbocycles. The zero-order valence-electron chi connectivity index (χ0n) is 12.7. The molecule has 2 aliphatic rings.